The highest BCUT2D eigenvalue weighted by atomic mass is 16.7. The van der Waals surface area contributed by atoms with Crippen LogP contribution in [0.15, 0.2) is 24.3 Å². The van der Waals surface area contributed by atoms with Crippen molar-refractivity contribution in [3.05, 3.63) is 34.4 Å². The fourth-order valence-electron chi connectivity index (χ4n) is 1.99. The molecule has 0 saturated carbocycles. The van der Waals surface area contributed by atoms with Gasteiger partial charge in [0, 0.05) is 12.1 Å². The Morgan fingerprint density at radius 2 is 1.90 bits per heavy atom. The van der Waals surface area contributed by atoms with Crippen molar-refractivity contribution in [2.45, 2.75) is 30.6 Å². The van der Waals surface area contributed by atoms with Crippen molar-refractivity contribution in [1.82, 2.24) is 0 Å². The van der Waals surface area contributed by atoms with Crippen molar-refractivity contribution in [2.75, 3.05) is 6.61 Å². The maximum atomic E-state index is 10.5. The highest BCUT2D eigenvalue weighted by Crippen LogP contribution is 2.24. The molecule has 1 aliphatic rings. The minimum absolute atomic E-state index is 0.0973. The molecule has 1 saturated heterocycles. The van der Waals surface area contributed by atoms with E-state index in [0.29, 0.717) is 0 Å². The first-order chi connectivity index (χ1) is 9.93. The fourth-order valence-corrected chi connectivity index (χ4v) is 1.99. The number of hydrogen-bond donors (Lipinski definition) is 4. The maximum Gasteiger partial charge on any atom is 0.269 e. The van der Waals surface area contributed by atoms with Gasteiger partial charge in [-0.1, -0.05) is 0 Å². The third kappa shape index (κ3) is 3.28. The average Bonchev–Trinajstić information content (AvgIpc) is 2.48. The Hall–Kier alpha value is -1.78. The summed E-state index contributed by atoms with van der Waals surface area (Å²) in [5.41, 5.74) is 5.61. The van der Waals surface area contributed by atoms with E-state index < -0.39 is 42.2 Å². The largest absolute Gasteiger partial charge is 0.463 e. The van der Waals surface area contributed by atoms with E-state index >= 15 is 0 Å². The Kier molecular flexibility index (Phi) is 4.70. The van der Waals surface area contributed by atoms with Crippen LogP contribution in [0.3, 0.4) is 0 Å². The van der Waals surface area contributed by atoms with Crippen LogP contribution in [0.25, 0.3) is 0 Å². The van der Waals surface area contributed by atoms with Crippen molar-refractivity contribution < 1.29 is 29.7 Å². The maximum absolute atomic E-state index is 10.5. The molecule has 9 heteroatoms. The summed E-state index contributed by atoms with van der Waals surface area (Å²) >= 11 is 0. The van der Waals surface area contributed by atoms with E-state index in [1.54, 1.807) is 0 Å². The van der Waals surface area contributed by atoms with Crippen LogP contribution in [-0.2, 0) is 4.74 Å². The van der Waals surface area contributed by atoms with Gasteiger partial charge in [-0.05, 0) is 12.1 Å². The second-order valence-electron chi connectivity index (χ2n) is 4.65. The lowest BCUT2D eigenvalue weighted by Gasteiger charge is -2.40. The van der Waals surface area contributed by atoms with Gasteiger partial charge in [-0.15, -0.1) is 0 Å². The lowest BCUT2D eigenvalue weighted by Crippen LogP contribution is -2.63. The summed E-state index contributed by atoms with van der Waals surface area (Å²) in [4.78, 5) is 10.00. The van der Waals surface area contributed by atoms with E-state index in [2.05, 4.69) is 0 Å². The van der Waals surface area contributed by atoms with Crippen LogP contribution in [0.2, 0.25) is 0 Å². The topological polar surface area (TPSA) is 148 Å². The molecular weight excluding hydrogens is 284 g/mol. The van der Waals surface area contributed by atoms with Gasteiger partial charge < -0.3 is 30.5 Å². The van der Waals surface area contributed by atoms with E-state index in [-0.39, 0.29) is 11.4 Å². The second kappa shape index (κ2) is 6.33. The minimum Gasteiger partial charge on any atom is -0.463 e. The molecule has 0 bridgehead atoms. The molecule has 0 aromatic heterocycles. The Morgan fingerprint density at radius 1 is 1.29 bits per heavy atom. The molecule has 2 rings (SSSR count). The van der Waals surface area contributed by atoms with Gasteiger partial charge in [0.1, 0.15) is 24.1 Å². The predicted octanol–water partition coefficient (Wildman–Crippen LogP) is -1.26. The third-order valence-corrected chi connectivity index (χ3v) is 3.23. The lowest BCUT2D eigenvalue weighted by atomic mass is 9.98. The summed E-state index contributed by atoms with van der Waals surface area (Å²) in [5.74, 6) is 0.251. The summed E-state index contributed by atoms with van der Waals surface area (Å²) in [6.45, 7) is -0.509. The number of rotatable bonds is 4. The van der Waals surface area contributed by atoms with Gasteiger partial charge in [0.2, 0.25) is 6.29 Å². The molecule has 9 nitrogen and oxygen atoms in total. The van der Waals surface area contributed by atoms with E-state index in [1.807, 2.05) is 0 Å². The molecule has 5 N–H and O–H groups in total. The number of hydrogen-bond acceptors (Lipinski definition) is 8. The molecule has 0 unspecified atom stereocenters. The molecule has 0 aliphatic carbocycles. The number of nitrogens with two attached hydrogens (primary N) is 1. The molecule has 1 heterocycles. The predicted molar refractivity (Wildman–Crippen MR) is 69.5 cm³/mol. The van der Waals surface area contributed by atoms with Gasteiger partial charge in [0.25, 0.3) is 5.69 Å². The van der Waals surface area contributed by atoms with Crippen molar-refractivity contribution in [2.24, 2.45) is 5.73 Å². The van der Waals surface area contributed by atoms with Gasteiger partial charge in [-0.3, -0.25) is 10.1 Å². The first-order valence-corrected chi connectivity index (χ1v) is 6.23. The van der Waals surface area contributed by atoms with E-state index in [4.69, 9.17) is 20.3 Å². The average molecular weight is 300 g/mol. The van der Waals surface area contributed by atoms with E-state index in [0.717, 1.165) is 0 Å². The molecule has 0 spiro atoms. The Morgan fingerprint density at radius 3 is 2.43 bits per heavy atom. The Balaban J connectivity index is 2.08. The van der Waals surface area contributed by atoms with Crippen molar-refractivity contribution in [1.29, 1.82) is 0 Å². The first-order valence-electron chi connectivity index (χ1n) is 6.23. The van der Waals surface area contributed by atoms with Crippen LogP contribution >= 0.6 is 0 Å². The molecule has 0 radical (unpaired) electrons. The standard InChI is InChI=1S/C12H16N2O7/c13-9-11(17)10(16)8(5-15)21-12(9)20-7-3-1-6(2-4-7)14(18)19/h1-4,8-12,15-17H,5,13H2/t8-,9+,10-,11-,12+/m1/s1. The van der Waals surface area contributed by atoms with Crippen LogP contribution < -0.4 is 10.5 Å². The molecule has 1 fully saturated rings. The first kappa shape index (κ1) is 15.6. The summed E-state index contributed by atoms with van der Waals surface area (Å²) in [6, 6.07) is 4.19. The smallest absolute Gasteiger partial charge is 0.269 e. The molecule has 1 aromatic carbocycles. The highest BCUT2D eigenvalue weighted by Gasteiger charge is 2.43. The quantitative estimate of drug-likeness (QED) is 0.397. The van der Waals surface area contributed by atoms with Gasteiger partial charge in [-0.25, -0.2) is 0 Å². The summed E-state index contributed by atoms with van der Waals surface area (Å²) in [5, 5.41) is 39.0. The number of aliphatic hydroxyl groups is 3. The number of ether oxygens (including phenoxy) is 2. The summed E-state index contributed by atoms with van der Waals surface area (Å²) < 4.78 is 10.7. The van der Waals surface area contributed by atoms with E-state index in [9.17, 15) is 20.3 Å². The lowest BCUT2D eigenvalue weighted by molar-refractivity contribution is -0.384. The van der Waals surface area contributed by atoms with Crippen LogP contribution in [0.5, 0.6) is 5.75 Å². The van der Waals surface area contributed by atoms with E-state index in [1.165, 1.54) is 24.3 Å². The van der Waals surface area contributed by atoms with Crippen LogP contribution in [-0.4, -0.2) is 57.5 Å². The molecule has 1 aromatic rings. The van der Waals surface area contributed by atoms with Crippen molar-refractivity contribution >= 4 is 5.69 Å². The molecule has 0 amide bonds. The van der Waals surface area contributed by atoms with Crippen molar-refractivity contribution in [3.8, 4) is 5.75 Å². The zero-order valence-electron chi connectivity index (χ0n) is 10.9. The monoisotopic (exact) mass is 300 g/mol. The zero-order valence-corrected chi connectivity index (χ0v) is 10.9. The second-order valence-corrected chi connectivity index (χ2v) is 4.65. The number of nitro groups is 1. The molecule has 21 heavy (non-hydrogen) atoms. The number of benzene rings is 1. The Labute approximate surface area is 119 Å². The fraction of sp³-hybridized carbons (Fsp3) is 0.500. The number of aliphatic hydroxyl groups excluding tert-OH is 3. The Bertz CT molecular complexity index is 493. The molecule has 1 aliphatic heterocycles. The number of nitro benzene ring substituents is 1. The SMILES string of the molecule is N[C@@H]1[C@@H](Oc2ccc([N+](=O)[O-])cc2)O[C@H](CO)[C@@H](O)[C@@H]1O. The summed E-state index contributed by atoms with van der Waals surface area (Å²) in [6.07, 6.45) is -4.76. The van der Waals surface area contributed by atoms with Gasteiger partial charge in [-0.2, -0.15) is 0 Å². The van der Waals surface area contributed by atoms with Crippen LogP contribution in [0.4, 0.5) is 5.69 Å². The molecule has 5 atom stereocenters. The van der Waals surface area contributed by atoms with Gasteiger partial charge in [0.05, 0.1) is 17.6 Å². The summed E-state index contributed by atoms with van der Waals surface area (Å²) in [7, 11) is 0. The highest BCUT2D eigenvalue weighted by molar-refractivity contribution is 5.36. The van der Waals surface area contributed by atoms with Gasteiger partial charge in [0.15, 0.2) is 0 Å². The minimum atomic E-state index is -1.32. The zero-order chi connectivity index (χ0) is 15.6. The van der Waals surface area contributed by atoms with Gasteiger partial charge >= 0.3 is 0 Å². The van der Waals surface area contributed by atoms with Crippen molar-refractivity contribution in [3.63, 3.8) is 0 Å². The third-order valence-electron chi connectivity index (χ3n) is 3.23. The van der Waals surface area contributed by atoms with Crippen LogP contribution in [0.1, 0.15) is 0 Å². The molecule has 116 valence electrons. The number of nitrogens with zero attached hydrogens (tertiary/aromatic N) is 1. The number of non-ortho nitro benzene ring substituents is 1. The normalized spacial score (nSPS) is 32.7. The molecular formula is C12H16N2O7. The van der Waals surface area contributed by atoms with Crippen LogP contribution in [0, 0.1) is 10.1 Å².